The van der Waals surface area contributed by atoms with Crippen molar-refractivity contribution in [3.8, 4) is 0 Å². The summed E-state index contributed by atoms with van der Waals surface area (Å²) in [4.78, 5) is 8.03. The number of anilines is 5. The molecule has 0 saturated heterocycles. The quantitative estimate of drug-likeness (QED) is 0.180. The van der Waals surface area contributed by atoms with E-state index in [0.717, 1.165) is 30.3 Å². The number of hydrogen-bond acceptors (Lipinski definition) is 12. The van der Waals surface area contributed by atoms with Crippen LogP contribution in [-0.4, -0.2) is 53.9 Å². The molecule has 15 nitrogen and oxygen atoms in total. The predicted molar refractivity (Wildman–Crippen MR) is 113 cm³/mol. The molecule has 2 aromatic carbocycles. The van der Waals surface area contributed by atoms with Gasteiger partial charge >= 0.3 is 6.08 Å². The van der Waals surface area contributed by atoms with E-state index in [4.69, 9.17) is 14.8 Å². The lowest BCUT2D eigenvalue weighted by molar-refractivity contribution is 0.479. The Labute approximate surface area is 191 Å². The van der Waals surface area contributed by atoms with E-state index in [-0.39, 0.29) is 11.4 Å². The van der Waals surface area contributed by atoms with Gasteiger partial charge in [-0.2, -0.15) is 44.6 Å². The molecule has 1 heterocycles. The monoisotopic (exact) mass is 536 g/mol. The van der Waals surface area contributed by atoms with E-state index in [1.165, 1.54) is 0 Å². The molecule has 0 aliphatic carbocycles. The summed E-state index contributed by atoms with van der Waals surface area (Å²) in [5.41, 5.74) is 4.80. The molecule has 3 rings (SSSR count). The fourth-order valence-corrected chi connectivity index (χ4v) is 4.40. The summed E-state index contributed by atoms with van der Waals surface area (Å²) in [6.07, 6.45) is -1.36. The number of hydrogen-bond donors (Lipinski definition) is 6. The molecule has 0 amide bonds. The van der Waals surface area contributed by atoms with Gasteiger partial charge in [-0.3, -0.25) is 13.7 Å². The fraction of sp³-hybridized carbons (Fsp3) is 0. The Bertz CT molecular complexity index is 1610. The average Bonchev–Trinajstić information content (AvgIpc) is 2.65. The third kappa shape index (κ3) is 5.89. The molecule has 1 aromatic heterocycles. The van der Waals surface area contributed by atoms with E-state index in [0.29, 0.717) is 6.07 Å². The molecular formula is C15H13FN6O9S3. The van der Waals surface area contributed by atoms with Crippen LogP contribution >= 0.6 is 0 Å². The molecule has 0 aliphatic heterocycles. The second-order valence-electron chi connectivity index (χ2n) is 6.34. The van der Waals surface area contributed by atoms with Gasteiger partial charge in [0.1, 0.15) is 9.79 Å². The van der Waals surface area contributed by atoms with Gasteiger partial charge < -0.3 is 16.4 Å². The topological polar surface area (TPSA) is 252 Å². The average molecular weight is 537 g/mol. The summed E-state index contributed by atoms with van der Waals surface area (Å²) in [7, 11) is -14.4. The Morgan fingerprint density at radius 2 is 1.32 bits per heavy atom. The Balaban J connectivity index is 1.97. The van der Waals surface area contributed by atoms with Crippen LogP contribution in [-0.2, 0) is 30.4 Å². The predicted octanol–water partition coefficient (Wildman–Crippen LogP) is 0.820. The number of nitrogens with two attached hydrogens (primary N) is 1. The summed E-state index contributed by atoms with van der Waals surface area (Å²) in [5, 5.41) is 4.76. The lowest BCUT2D eigenvalue weighted by Crippen LogP contribution is -2.10. The molecule has 0 spiro atoms. The smallest absolute Gasteiger partial charge is 0.315 e. The highest BCUT2D eigenvalue weighted by atomic mass is 32.2. The maximum Gasteiger partial charge on any atom is 0.315 e. The van der Waals surface area contributed by atoms with Crippen LogP contribution in [0.1, 0.15) is 0 Å². The van der Waals surface area contributed by atoms with Gasteiger partial charge in [0, 0.05) is 5.69 Å². The molecule has 7 N–H and O–H groups in total. The van der Waals surface area contributed by atoms with Crippen molar-refractivity contribution in [3.63, 3.8) is 0 Å². The molecule has 0 atom stereocenters. The Morgan fingerprint density at radius 3 is 1.85 bits per heavy atom. The maximum absolute atomic E-state index is 13.9. The minimum absolute atomic E-state index is 0.0672. The second-order valence-corrected chi connectivity index (χ2v) is 10.5. The van der Waals surface area contributed by atoms with Crippen LogP contribution in [0, 0.1) is 6.08 Å². The fourth-order valence-electron chi connectivity index (χ4n) is 2.55. The Morgan fingerprint density at radius 1 is 0.735 bits per heavy atom. The van der Waals surface area contributed by atoms with Gasteiger partial charge in [0.15, 0.2) is 0 Å². The zero-order valence-corrected chi connectivity index (χ0v) is 18.7. The van der Waals surface area contributed by atoms with Crippen molar-refractivity contribution < 1.29 is 43.3 Å². The molecule has 0 aliphatic rings. The van der Waals surface area contributed by atoms with E-state index in [9.17, 15) is 34.2 Å². The Hall–Kier alpha value is -3.49. The van der Waals surface area contributed by atoms with Crippen LogP contribution in [0.4, 0.5) is 33.3 Å². The van der Waals surface area contributed by atoms with E-state index in [1.54, 1.807) is 0 Å². The van der Waals surface area contributed by atoms with Crippen molar-refractivity contribution in [2.75, 3.05) is 16.4 Å². The van der Waals surface area contributed by atoms with Crippen LogP contribution in [0.2, 0.25) is 0 Å². The first-order valence-corrected chi connectivity index (χ1v) is 12.8. The first kappa shape index (κ1) is 25.1. The minimum Gasteiger partial charge on any atom is -0.398 e. The first-order valence-electron chi connectivity index (χ1n) is 8.46. The number of nitrogens with zero attached hydrogens (tertiary/aromatic N) is 3. The van der Waals surface area contributed by atoms with Gasteiger partial charge in [0.05, 0.1) is 16.3 Å². The molecule has 182 valence electrons. The first-order chi connectivity index (χ1) is 15.5. The second kappa shape index (κ2) is 8.70. The molecule has 0 radical (unpaired) electrons. The van der Waals surface area contributed by atoms with Crippen molar-refractivity contribution >= 4 is 59.3 Å². The van der Waals surface area contributed by atoms with Crippen molar-refractivity contribution in [1.82, 2.24) is 15.0 Å². The standard InChI is InChI=1S/C15H13FN6O9S3/c16-13-20-14(18-7-1-4-11(9(17)5-7)33(26,27)28)22-15(21-13)19-10-3-2-8(32(23,24)25)6-12(10)34(29,30)31/h1-6H,17H2,(H,23,24,25)(H,26,27,28)(H,29,30,31)(H2,18,19,20,21,22). The van der Waals surface area contributed by atoms with Crippen LogP contribution in [0.15, 0.2) is 51.1 Å². The summed E-state index contributed by atoms with van der Waals surface area (Å²) < 4.78 is 110. The number of benzene rings is 2. The molecule has 34 heavy (non-hydrogen) atoms. The van der Waals surface area contributed by atoms with Crippen molar-refractivity contribution in [1.29, 1.82) is 0 Å². The summed E-state index contributed by atoms with van der Waals surface area (Å²) in [5.74, 6) is -1.06. The van der Waals surface area contributed by atoms with Gasteiger partial charge in [0.25, 0.3) is 30.4 Å². The van der Waals surface area contributed by atoms with Crippen molar-refractivity contribution in [2.24, 2.45) is 0 Å². The van der Waals surface area contributed by atoms with E-state index in [2.05, 4.69) is 25.6 Å². The van der Waals surface area contributed by atoms with Crippen LogP contribution in [0.3, 0.4) is 0 Å². The molecule has 0 fully saturated rings. The number of nitrogens with one attached hydrogen (secondary N) is 2. The summed E-state index contributed by atoms with van der Waals surface area (Å²) >= 11 is 0. The number of halogens is 1. The third-order valence-corrected chi connectivity index (χ3v) is 6.60. The maximum atomic E-state index is 13.9. The highest BCUT2D eigenvalue weighted by Crippen LogP contribution is 2.28. The Kier molecular flexibility index (Phi) is 6.43. The lowest BCUT2D eigenvalue weighted by Gasteiger charge is -2.12. The van der Waals surface area contributed by atoms with Crippen LogP contribution in [0.25, 0.3) is 0 Å². The molecule has 0 saturated carbocycles. The minimum atomic E-state index is -5.03. The third-order valence-electron chi connectivity index (χ3n) is 3.93. The number of nitrogen functional groups attached to an aromatic ring is 1. The van der Waals surface area contributed by atoms with Gasteiger partial charge in [-0.1, -0.05) is 0 Å². The van der Waals surface area contributed by atoms with Crippen LogP contribution in [0.5, 0.6) is 0 Å². The molecule has 0 unspecified atom stereocenters. The zero-order valence-electron chi connectivity index (χ0n) is 16.3. The van der Waals surface area contributed by atoms with Gasteiger partial charge in [-0.05, 0) is 36.4 Å². The SMILES string of the molecule is Nc1cc(Nc2nc(F)nc(Nc3ccc(S(=O)(=O)O)cc3S(=O)(=O)O)n2)ccc1S(=O)(=O)O. The zero-order chi connectivity index (χ0) is 25.5. The van der Waals surface area contributed by atoms with E-state index >= 15 is 0 Å². The molecular weight excluding hydrogens is 523 g/mol. The van der Waals surface area contributed by atoms with Crippen LogP contribution < -0.4 is 16.4 Å². The number of rotatable bonds is 7. The molecule has 0 bridgehead atoms. The largest absolute Gasteiger partial charge is 0.398 e. The van der Waals surface area contributed by atoms with Gasteiger partial charge in [-0.25, -0.2) is 0 Å². The summed E-state index contributed by atoms with van der Waals surface area (Å²) in [6, 6.07) is 5.27. The highest BCUT2D eigenvalue weighted by molar-refractivity contribution is 7.87. The van der Waals surface area contributed by atoms with Crippen molar-refractivity contribution in [3.05, 3.63) is 42.5 Å². The normalized spacial score (nSPS) is 12.4. The van der Waals surface area contributed by atoms with Gasteiger partial charge in [0.2, 0.25) is 11.9 Å². The van der Waals surface area contributed by atoms with E-state index < -0.39 is 68.7 Å². The highest BCUT2D eigenvalue weighted by Gasteiger charge is 2.22. The summed E-state index contributed by atoms with van der Waals surface area (Å²) in [6.45, 7) is 0. The lowest BCUT2D eigenvalue weighted by atomic mass is 10.3. The molecule has 3 aromatic rings. The molecule has 19 heteroatoms. The van der Waals surface area contributed by atoms with Crippen molar-refractivity contribution in [2.45, 2.75) is 14.7 Å². The number of aromatic nitrogens is 3. The van der Waals surface area contributed by atoms with E-state index in [1.807, 2.05) is 0 Å². The van der Waals surface area contributed by atoms with Gasteiger partial charge in [-0.15, -0.1) is 0 Å².